The third kappa shape index (κ3) is 1.73. The van der Waals surface area contributed by atoms with Gasteiger partial charge >= 0.3 is 5.69 Å². The molecule has 0 spiro atoms. The van der Waals surface area contributed by atoms with Gasteiger partial charge in [0.05, 0.1) is 11.9 Å². The number of benzene rings is 1. The van der Waals surface area contributed by atoms with Crippen LogP contribution in [0.15, 0.2) is 35.3 Å². The number of fused-ring (bicyclic) bond motifs is 2. The van der Waals surface area contributed by atoms with Crippen molar-refractivity contribution in [1.29, 1.82) is 5.26 Å². The predicted octanol–water partition coefficient (Wildman–Crippen LogP) is 1.20. The average Bonchev–Trinajstić information content (AvgIpc) is 3.07. The molecule has 1 aromatic carbocycles. The van der Waals surface area contributed by atoms with E-state index in [-0.39, 0.29) is 17.3 Å². The second-order valence-corrected chi connectivity index (χ2v) is 5.43. The van der Waals surface area contributed by atoms with Crippen molar-refractivity contribution >= 4 is 10.8 Å². The summed E-state index contributed by atoms with van der Waals surface area (Å²) in [5.41, 5.74) is 0.439. The van der Waals surface area contributed by atoms with Crippen molar-refractivity contribution in [3.63, 3.8) is 0 Å². The average molecular weight is 308 g/mol. The normalized spacial score (nSPS) is 16.4. The van der Waals surface area contributed by atoms with Crippen molar-refractivity contribution in [2.45, 2.75) is 19.1 Å². The quantitative estimate of drug-likeness (QED) is 0.703. The molecule has 0 bridgehead atoms. The molecule has 23 heavy (non-hydrogen) atoms. The molecule has 3 aromatic rings. The molecular formula is C16H12N4O3. The number of rotatable bonds is 1. The number of aromatic nitrogens is 3. The molecule has 114 valence electrons. The minimum atomic E-state index is -0.860. The van der Waals surface area contributed by atoms with Gasteiger partial charge in [-0.3, -0.25) is 4.57 Å². The highest BCUT2D eigenvalue weighted by Gasteiger charge is 2.31. The number of nitrogens with zero attached hydrogens (tertiary/aromatic N) is 4. The zero-order chi connectivity index (χ0) is 16.1. The largest absolute Gasteiger partial charge is 0.493 e. The lowest BCUT2D eigenvalue weighted by atomic mass is 10.1. The van der Waals surface area contributed by atoms with Gasteiger partial charge in [-0.05, 0) is 6.42 Å². The first-order chi connectivity index (χ1) is 11.1. The van der Waals surface area contributed by atoms with Crippen molar-refractivity contribution in [1.82, 2.24) is 14.1 Å². The summed E-state index contributed by atoms with van der Waals surface area (Å²) in [6.45, 7) is 0.359. The van der Waals surface area contributed by atoms with Crippen LogP contribution < -0.4 is 5.69 Å². The second-order valence-electron chi connectivity index (χ2n) is 5.43. The van der Waals surface area contributed by atoms with Crippen LogP contribution in [-0.4, -0.2) is 24.3 Å². The smallest absolute Gasteiger partial charge is 0.336 e. The van der Waals surface area contributed by atoms with Gasteiger partial charge in [0, 0.05) is 17.3 Å². The molecule has 4 rings (SSSR count). The van der Waals surface area contributed by atoms with Crippen LogP contribution in [0.1, 0.15) is 23.9 Å². The molecule has 1 aliphatic heterocycles. The number of imidazole rings is 1. The van der Waals surface area contributed by atoms with Crippen LogP contribution in [0.4, 0.5) is 0 Å². The first-order valence-corrected chi connectivity index (χ1v) is 7.14. The first kappa shape index (κ1) is 13.5. The minimum Gasteiger partial charge on any atom is -0.493 e. The maximum atomic E-state index is 12.6. The number of hydrogen-bond donors (Lipinski definition) is 2. The Balaban J connectivity index is 2.09. The van der Waals surface area contributed by atoms with Gasteiger partial charge in [-0.2, -0.15) is 5.26 Å². The van der Waals surface area contributed by atoms with Gasteiger partial charge in [-0.25, -0.2) is 14.3 Å². The fourth-order valence-electron chi connectivity index (χ4n) is 3.14. The van der Waals surface area contributed by atoms with Crippen LogP contribution in [-0.2, 0) is 6.54 Å². The molecule has 2 aromatic heterocycles. The summed E-state index contributed by atoms with van der Waals surface area (Å²) in [6, 6.07) is 9.08. The van der Waals surface area contributed by atoms with Crippen LogP contribution in [0.25, 0.3) is 16.5 Å². The summed E-state index contributed by atoms with van der Waals surface area (Å²) >= 11 is 0. The van der Waals surface area contributed by atoms with E-state index in [1.165, 1.54) is 10.8 Å². The van der Waals surface area contributed by atoms with Crippen LogP contribution in [0.3, 0.4) is 0 Å². The number of nitriles is 1. The second kappa shape index (κ2) is 4.69. The standard InChI is InChI=1S/C16H12N4O3/c17-7-11-9-3-1-2-4-10(9)12(8-18-11)20-15(22)14-13(21)5-6-19(14)16(20)23/h1-4,8,13,21-22H,5-6H2/t13-/m1/s1. The van der Waals surface area contributed by atoms with E-state index >= 15 is 0 Å². The third-order valence-electron chi connectivity index (χ3n) is 4.22. The molecule has 7 heteroatoms. The van der Waals surface area contributed by atoms with Crippen LogP contribution in [0, 0.1) is 11.3 Å². The number of hydrogen-bond acceptors (Lipinski definition) is 5. The Bertz CT molecular complexity index is 1040. The molecule has 3 heterocycles. The van der Waals surface area contributed by atoms with Crippen LogP contribution in [0.2, 0.25) is 0 Å². The summed E-state index contributed by atoms with van der Waals surface area (Å²) in [4.78, 5) is 16.7. The lowest BCUT2D eigenvalue weighted by molar-refractivity contribution is 0.175. The molecule has 0 aliphatic carbocycles. The summed E-state index contributed by atoms with van der Waals surface area (Å²) in [5, 5.41) is 30.8. The highest BCUT2D eigenvalue weighted by Crippen LogP contribution is 2.34. The lowest BCUT2D eigenvalue weighted by Crippen LogP contribution is -2.22. The van der Waals surface area contributed by atoms with E-state index in [9.17, 15) is 15.0 Å². The molecule has 2 N–H and O–H groups in total. The fraction of sp³-hybridized carbons (Fsp3) is 0.188. The molecule has 0 radical (unpaired) electrons. The Kier molecular flexibility index (Phi) is 2.76. The molecule has 1 aliphatic rings. The number of pyridine rings is 1. The van der Waals surface area contributed by atoms with E-state index in [1.807, 2.05) is 6.07 Å². The van der Waals surface area contributed by atoms with Gasteiger partial charge in [0.1, 0.15) is 23.6 Å². The molecule has 1 atom stereocenters. The highest BCUT2D eigenvalue weighted by molar-refractivity contribution is 5.93. The monoisotopic (exact) mass is 308 g/mol. The van der Waals surface area contributed by atoms with E-state index in [4.69, 9.17) is 5.26 Å². The maximum absolute atomic E-state index is 12.6. The Labute approximate surface area is 130 Å². The van der Waals surface area contributed by atoms with Gasteiger partial charge in [-0.1, -0.05) is 24.3 Å². The van der Waals surface area contributed by atoms with Crippen molar-refractivity contribution in [3.05, 3.63) is 52.3 Å². The SMILES string of the molecule is N#Cc1ncc(-n2c(O)c3n(c2=O)CC[C@H]3O)c2ccccc12. The lowest BCUT2D eigenvalue weighted by Gasteiger charge is -2.09. The van der Waals surface area contributed by atoms with Gasteiger partial charge in [0.25, 0.3) is 0 Å². The number of aliphatic hydroxyl groups is 1. The van der Waals surface area contributed by atoms with E-state index in [0.717, 1.165) is 4.57 Å². The van der Waals surface area contributed by atoms with Crippen LogP contribution >= 0.6 is 0 Å². The Hall–Kier alpha value is -3.11. The number of aliphatic hydroxyl groups excluding tert-OH is 1. The molecule has 7 nitrogen and oxygen atoms in total. The molecule has 0 fully saturated rings. The van der Waals surface area contributed by atoms with Gasteiger partial charge < -0.3 is 10.2 Å². The Morgan fingerprint density at radius 3 is 2.74 bits per heavy atom. The van der Waals surface area contributed by atoms with Gasteiger partial charge in [-0.15, -0.1) is 0 Å². The zero-order valence-corrected chi connectivity index (χ0v) is 12.0. The zero-order valence-electron chi connectivity index (χ0n) is 12.0. The molecule has 0 saturated heterocycles. The summed E-state index contributed by atoms with van der Waals surface area (Å²) in [6.07, 6.45) is 0.941. The van der Waals surface area contributed by atoms with Crippen molar-refractivity contribution < 1.29 is 10.2 Å². The van der Waals surface area contributed by atoms with Crippen LogP contribution in [0.5, 0.6) is 5.88 Å². The first-order valence-electron chi connectivity index (χ1n) is 7.14. The Morgan fingerprint density at radius 1 is 1.30 bits per heavy atom. The van der Waals surface area contributed by atoms with E-state index in [1.54, 1.807) is 24.3 Å². The molecule has 0 amide bonds. The van der Waals surface area contributed by atoms with E-state index < -0.39 is 11.8 Å². The van der Waals surface area contributed by atoms with Gasteiger partial charge in [0.2, 0.25) is 5.88 Å². The molecule has 0 unspecified atom stereocenters. The molecular weight excluding hydrogens is 296 g/mol. The Morgan fingerprint density at radius 2 is 2.04 bits per heavy atom. The van der Waals surface area contributed by atoms with Crippen molar-refractivity contribution in [3.8, 4) is 17.6 Å². The summed E-state index contributed by atoms with van der Waals surface area (Å²) in [5.74, 6) is -0.281. The van der Waals surface area contributed by atoms with E-state index in [0.29, 0.717) is 29.4 Å². The van der Waals surface area contributed by atoms with Crippen molar-refractivity contribution in [2.24, 2.45) is 0 Å². The fourth-order valence-corrected chi connectivity index (χ4v) is 3.14. The summed E-state index contributed by atoms with van der Waals surface area (Å²) in [7, 11) is 0. The third-order valence-corrected chi connectivity index (χ3v) is 4.22. The van der Waals surface area contributed by atoms with Crippen molar-refractivity contribution in [2.75, 3.05) is 0 Å². The molecule has 0 saturated carbocycles. The van der Waals surface area contributed by atoms with E-state index in [2.05, 4.69) is 4.98 Å². The predicted molar refractivity (Wildman–Crippen MR) is 81.3 cm³/mol. The highest BCUT2D eigenvalue weighted by atomic mass is 16.3. The minimum absolute atomic E-state index is 0.225. The topological polar surface area (TPSA) is 104 Å². The maximum Gasteiger partial charge on any atom is 0.336 e. The van der Waals surface area contributed by atoms with Gasteiger partial charge in [0.15, 0.2) is 0 Å². The number of aromatic hydroxyl groups is 1. The summed E-state index contributed by atoms with van der Waals surface area (Å²) < 4.78 is 2.50.